The molecule has 0 bridgehead atoms. The zero-order chi connectivity index (χ0) is 17.7. The summed E-state index contributed by atoms with van der Waals surface area (Å²) in [4.78, 5) is 24.1. The van der Waals surface area contributed by atoms with Crippen LogP contribution in [0.3, 0.4) is 0 Å². The van der Waals surface area contributed by atoms with Crippen molar-refractivity contribution in [2.24, 2.45) is 0 Å². The molecule has 0 aliphatic heterocycles. The highest BCUT2D eigenvalue weighted by molar-refractivity contribution is 6.02. The molecule has 0 aliphatic rings. The molecular weight excluding hydrogens is 306 g/mol. The van der Waals surface area contributed by atoms with Gasteiger partial charge < -0.3 is 14.8 Å². The Balaban J connectivity index is 2.09. The van der Waals surface area contributed by atoms with Gasteiger partial charge in [0, 0.05) is 0 Å². The van der Waals surface area contributed by atoms with Crippen LogP contribution in [0.4, 0.5) is 5.69 Å². The highest BCUT2D eigenvalue weighted by Gasteiger charge is 2.18. The molecule has 0 heterocycles. The van der Waals surface area contributed by atoms with Crippen molar-refractivity contribution in [2.75, 3.05) is 12.4 Å². The number of para-hydroxylation sites is 1. The molecule has 5 heteroatoms. The van der Waals surface area contributed by atoms with Gasteiger partial charge in [-0.25, -0.2) is 4.79 Å². The van der Waals surface area contributed by atoms with Crippen LogP contribution in [-0.4, -0.2) is 25.1 Å². The number of nitrogens with one attached hydrogen (secondary N) is 1. The van der Waals surface area contributed by atoms with Crippen LogP contribution >= 0.6 is 0 Å². The third kappa shape index (κ3) is 4.13. The number of rotatable bonds is 5. The quantitative estimate of drug-likeness (QED) is 0.854. The molecule has 0 saturated heterocycles. The highest BCUT2D eigenvalue weighted by atomic mass is 16.5. The van der Waals surface area contributed by atoms with Gasteiger partial charge in [-0.2, -0.15) is 0 Å². The minimum atomic E-state index is -0.710. The fourth-order valence-electron chi connectivity index (χ4n) is 2.16. The topological polar surface area (TPSA) is 64.6 Å². The summed E-state index contributed by atoms with van der Waals surface area (Å²) < 4.78 is 10.4. The molecule has 126 valence electrons. The molecule has 1 atom stereocenters. The van der Waals surface area contributed by atoms with Crippen molar-refractivity contribution in [2.45, 2.75) is 26.9 Å². The molecule has 0 aliphatic carbocycles. The Morgan fingerprint density at radius 3 is 2.42 bits per heavy atom. The Kier molecular flexibility index (Phi) is 5.58. The van der Waals surface area contributed by atoms with Crippen molar-refractivity contribution < 1.29 is 19.1 Å². The Hall–Kier alpha value is -2.82. The second-order valence-corrected chi connectivity index (χ2v) is 5.53. The largest absolute Gasteiger partial charge is 0.481 e. The van der Waals surface area contributed by atoms with E-state index in [4.69, 9.17) is 9.47 Å². The third-order valence-corrected chi connectivity index (χ3v) is 3.75. The number of hydrogen-bond acceptors (Lipinski definition) is 4. The summed E-state index contributed by atoms with van der Waals surface area (Å²) in [6.45, 7) is 5.66. The molecule has 0 fully saturated rings. The van der Waals surface area contributed by atoms with Crippen molar-refractivity contribution in [3.8, 4) is 5.75 Å². The van der Waals surface area contributed by atoms with Crippen LogP contribution in [-0.2, 0) is 9.53 Å². The van der Waals surface area contributed by atoms with Crippen molar-refractivity contribution in [3.05, 3.63) is 59.2 Å². The zero-order valence-electron chi connectivity index (χ0n) is 14.3. The number of methoxy groups -OCH3 is 1. The minimum absolute atomic E-state index is 0.298. The van der Waals surface area contributed by atoms with Crippen LogP contribution in [0.2, 0.25) is 0 Å². The minimum Gasteiger partial charge on any atom is -0.481 e. The smallest absolute Gasteiger partial charge is 0.339 e. The van der Waals surface area contributed by atoms with E-state index in [9.17, 15) is 9.59 Å². The van der Waals surface area contributed by atoms with Gasteiger partial charge in [-0.05, 0) is 56.2 Å². The van der Waals surface area contributed by atoms with E-state index in [1.165, 1.54) is 7.11 Å². The summed E-state index contributed by atoms with van der Waals surface area (Å²) in [7, 11) is 1.30. The van der Waals surface area contributed by atoms with E-state index >= 15 is 0 Å². The Morgan fingerprint density at radius 1 is 1.04 bits per heavy atom. The molecule has 0 spiro atoms. The number of esters is 1. The predicted molar refractivity (Wildman–Crippen MR) is 92.4 cm³/mol. The van der Waals surface area contributed by atoms with Crippen molar-refractivity contribution in [3.63, 3.8) is 0 Å². The van der Waals surface area contributed by atoms with Crippen LogP contribution in [0.15, 0.2) is 42.5 Å². The van der Waals surface area contributed by atoms with Crippen molar-refractivity contribution in [1.82, 2.24) is 0 Å². The molecule has 0 radical (unpaired) electrons. The fourth-order valence-corrected chi connectivity index (χ4v) is 2.16. The van der Waals surface area contributed by atoms with Gasteiger partial charge in [0.15, 0.2) is 6.10 Å². The fraction of sp³-hybridized carbons (Fsp3) is 0.263. The predicted octanol–water partition coefficient (Wildman–Crippen LogP) is 3.50. The molecule has 1 N–H and O–H groups in total. The van der Waals surface area contributed by atoms with Gasteiger partial charge >= 0.3 is 5.97 Å². The standard InChI is InChI=1S/C19H21NO4/c1-12-9-10-15(11-13(12)2)24-14(3)18(21)20-17-8-6-5-7-16(17)19(22)23-4/h5-11,14H,1-4H3,(H,20,21)/t14-/m1/s1. The first-order chi connectivity index (χ1) is 11.4. The first-order valence-corrected chi connectivity index (χ1v) is 7.64. The summed E-state index contributed by atoms with van der Waals surface area (Å²) in [5.74, 6) is -0.222. The molecule has 0 unspecified atom stereocenters. The molecule has 2 aromatic rings. The van der Waals surface area contributed by atoms with Gasteiger partial charge in [-0.3, -0.25) is 4.79 Å². The van der Waals surface area contributed by atoms with E-state index in [0.717, 1.165) is 11.1 Å². The lowest BCUT2D eigenvalue weighted by atomic mass is 10.1. The summed E-state index contributed by atoms with van der Waals surface area (Å²) in [5, 5.41) is 2.71. The third-order valence-electron chi connectivity index (χ3n) is 3.75. The van der Waals surface area contributed by atoms with E-state index in [2.05, 4.69) is 5.32 Å². The zero-order valence-corrected chi connectivity index (χ0v) is 14.3. The molecule has 5 nitrogen and oxygen atoms in total. The van der Waals surface area contributed by atoms with Crippen LogP contribution in [0.5, 0.6) is 5.75 Å². The van der Waals surface area contributed by atoms with Gasteiger partial charge in [0.2, 0.25) is 0 Å². The molecule has 2 aromatic carbocycles. The number of carbonyl (C=O) groups is 2. The SMILES string of the molecule is COC(=O)c1ccccc1NC(=O)[C@@H](C)Oc1ccc(C)c(C)c1. The number of anilines is 1. The summed E-state index contributed by atoms with van der Waals surface area (Å²) in [6.07, 6.45) is -0.710. The van der Waals surface area contributed by atoms with Crippen LogP contribution in [0.1, 0.15) is 28.4 Å². The summed E-state index contributed by atoms with van der Waals surface area (Å²) in [6, 6.07) is 12.3. The van der Waals surface area contributed by atoms with E-state index < -0.39 is 12.1 Å². The number of aryl methyl sites for hydroxylation is 2. The summed E-state index contributed by atoms with van der Waals surface area (Å²) >= 11 is 0. The number of benzene rings is 2. The Labute approximate surface area is 141 Å². The van der Waals surface area contributed by atoms with Gasteiger partial charge in [0.1, 0.15) is 5.75 Å². The lowest BCUT2D eigenvalue weighted by Crippen LogP contribution is -2.30. The molecule has 0 aromatic heterocycles. The number of carbonyl (C=O) groups excluding carboxylic acids is 2. The molecule has 2 rings (SSSR count). The van der Waals surface area contributed by atoms with Crippen molar-refractivity contribution in [1.29, 1.82) is 0 Å². The monoisotopic (exact) mass is 327 g/mol. The Bertz CT molecular complexity index is 755. The maximum atomic E-state index is 12.3. The number of ether oxygens (including phenoxy) is 2. The highest BCUT2D eigenvalue weighted by Crippen LogP contribution is 2.19. The summed E-state index contributed by atoms with van der Waals surface area (Å²) in [5.41, 5.74) is 2.94. The second-order valence-electron chi connectivity index (χ2n) is 5.53. The first-order valence-electron chi connectivity index (χ1n) is 7.64. The molecule has 1 amide bonds. The molecule has 0 saturated carbocycles. The number of amides is 1. The maximum Gasteiger partial charge on any atom is 0.339 e. The molecule has 24 heavy (non-hydrogen) atoms. The van der Waals surface area contributed by atoms with Crippen LogP contribution in [0.25, 0.3) is 0 Å². The average Bonchev–Trinajstić information content (AvgIpc) is 2.58. The van der Waals surface area contributed by atoms with E-state index in [-0.39, 0.29) is 5.91 Å². The van der Waals surface area contributed by atoms with Crippen LogP contribution in [0, 0.1) is 13.8 Å². The van der Waals surface area contributed by atoms with Crippen molar-refractivity contribution >= 4 is 17.6 Å². The Morgan fingerprint density at radius 2 is 1.75 bits per heavy atom. The van der Waals surface area contributed by atoms with E-state index in [0.29, 0.717) is 17.0 Å². The molecular formula is C19H21NO4. The number of hydrogen-bond donors (Lipinski definition) is 1. The first kappa shape index (κ1) is 17.5. The van der Waals surface area contributed by atoms with Gasteiger partial charge in [-0.1, -0.05) is 18.2 Å². The average molecular weight is 327 g/mol. The van der Waals surface area contributed by atoms with Gasteiger partial charge in [-0.15, -0.1) is 0 Å². The van der Waals surface area contributed by atoms with Gasteiger partial charge in [0.05, 0.1) is 18.4 Å². The normalized spacial score (nSPS) is 11.5. The lowest BCUT2D eigenvalue weighted by Gasteiger charge is -2.16. The van der Waals surface area contributed by atoms with Gasteiger partial charge in [0.25, 0.3) is 5.91 Å². The maximum absolute atomic E-state index is 12.3. The second kappa shape index (κ2) is 7.64. The van der Waals surface area contributed by atoms with E-state index in [1.54, 1.807) is 31.2 Å². The lowest BCUT2D eigenvalue weighted by molar-refractivity contribution is -0.122. The van der Waals surface area contributed by atoms with E-state index in [1.807, 2.05) is 32.0 Å². The van der Waals surface area contributed by atoms with Crippen LogP contribution < -0.4 is 10.1 Å².